The predicted octanol–water partition coefficient (Wildman–Crippen LogP) is 2.86. The Labute approximate surface area is 111 Å². The third kappa shape index (κ3) is 2.12. The summed E-state index contributed by atoms with van der Waals surface area (Å²) in [7, 11) is 1.65. The molecule has 0 amide bonds. The predicted molar refractivity (Wildman–Crippen MR) is 72.7 cm³/mol. The Hall–Kier alpha value is -1.81. The van der Waals surface area contributed by atoms with Gasteiger partial charge in [0.25, 0.3) is 0 Å². The van der Waals surface area contributed by atoms with Gasteiger partial charge in [-0.05, 0) is 30.4 Å². The van der Waals surface area contributed by atoms with Crippen molar-refractivity contribution in [3.05, 3.63) is 35.5 Å². The monoisotopic (exact) mass is 259 g/mol. The molecule has 1 saturated carbocycles. The zero-order valence-corrected chi connectivity index (χ0v) is 10.9. The number of methoxy groups -OCH3 is 1. The summed E-state index contributed by atoms with van der Waals surface area (Å²) in [6.07, 6.45) is 4.07. The molecule has 4 nitrogen and oxygen atoms in total. The van der Waals surface area contributed by atoms with E-state index >= 15 is 0 Å². The van der Waals surface area contributed by atoms with Crippen LogP contribution in [0.3, 0.4) is 0 Å². The number of carbonyl (C=O) groups is 1. The minimum atomic E-state index is -0.853. The highest BCUT2D eigenvalue weighted by molar-refractivity contribution is 6.05. The number of fused-ring (bicyclic) bond motifs is 1. The van der Waals surface area contributed by atoms with Crippen LogP contribution < -0.4 is 0 Å². The molecule has 0 atom stereocenters. The smallest absolute Gasteiger partial charge is 0.337 e. The lowest BCUT2D eigenvalue weighted by Crippen LogP contribution is -2.02. The van der Waals surface area contributed by atoms with E-state index in [4.69, 9.17) is 4.74 Å². The van der Waals surface area contributed by atoms with Gasteiger partial charge < -0.3 is 14.4 Å². The molecule has 1 aromatic carbocycles. The summed E-state index contributed by atoms with van der Waals surface area (Å²) in [4.78, 5) is 11.5. The molecule has 3 rings (SSSR count). The number of ether oxygens (including phenoxy) is 1. The fourth-order valence-corrected chi connectivity index (χ4v) is 2.65. The van der Waals surface area contributed by atoms with Crippen LogP contribution in [-0.4, -0.2) is 29.4 Å². The van der Waals surface area contributed by atoms with E-state index in [1.165, 1.54) is 18.4 Å². The summed E-state index contributed by atoms with van der Waals surface area (Å²) in [5, 5.41) is 10.3. The molecule has 0 radical (unpaired) electrons. The molecule has 19 heavy (non-hydrogen) atoms. The molecule has 4 heteroatoms. The fourth-order valence-electron chi connectivity index (χ4n) is 2.65. The number of carboxylic acid groups (broad SMARTS) is 1. The molecule has 1 aliphatic carbocycles. The maximum Gasteiger partial charge on any atom is 0.337 e. The van der Waals surface area contributed by atoms with Gasteiger partial charge in [0, 0.05) is 30.8 Å². The van der Waals surface area contributed by atoms with Crippen LogP contribution in [0.15, 0.2) is 24.4 Å². The van der Waals surface area contributed by atoms with E-state index in [1.54, 1.807) is 13.3 Å². The number of rotatable bonds is 5. The lowest BCUT2D eigenvalue weighted by atomic mass is 10.0. The van der Waals surface area contributed by atoms with Gasteiger partial charge in [0.15, 0.2) is 0 Å². The normalized spacial score (nSPS) is 15.0. The second kappa shape index (κ2) is 4.70. The summed E-state index contributed by atoms with van der Waals surface area (Å²) in [6.45, 7) is 1.25. The van der Waals surface area contributed by atoms with Gasteiger partial charge in [0.1, 0.15) is 0 Å². The summed E-state index contributed by atoms with van der Waals surface area (Å²) in [5.74, 6) is -0.311. The minimum Gasteiger partial charge on any atom is -0.478 e. The van der Waals surface area contributed by atoms with Crippen LogP contribution in [0.2, 0.25) is 0 Å². The lowest BCUT2D eigenvalue weighted by molar-refractivity contribution is 0.0698. The third-order valence-corrected chi connectivity index (χ3v) is 3.72. The highest BCUT2D eigenvalue weighted by Gasteiger charge is 2.28. The van der Waals surface area contributed by atoms with Crippen molar-refractivity contribution in [3.63, 3.8) is 0 Å². The van der Waals surface area contributed by atoms with Crippen LogP contribution in [0.1, 0.15) is 34.7 Å². The molecule has 0 spiro atoms. The first-order valence-electron chi connectivity index (χ1n) is 6.56. The maximum atomic E-state index is 11.5. The van der Waals surface area contributed by atoms with E-state index in [-0.39, 0.29) is 0 Å². The van der Waals surface area contributed by atoms with Crippen molar-refractivity contribution in [2.75, 3.05) is 13.7 Å². The average Bonchev–Trinajstić information content (AvgIpc) is 3.17. The Bertz CT molecular complexity index is 626. The highest BCUT2D eigenvalue weighted by atomic mass is 16.5. The van der Waals surface area contributed by atoms with Gasteiger partial charge in [-0.1, -0.05) is 12.1 Å². The van der Waals surface area contributed by atoms with E-state index in [2.05, 4.69) is 6.07 Å². The minimum absolute atomic E-state index is 0.411. The number of aromatic carboxylic acids is 1. The molecular weight excluding hydrogens is 242 g/mol. The van der Waals surface area contributed by atoms with Crippen LogP contribution >= 0.6 is 0 Å². The van der Waals surface area contributed by atoms with Gasteiger partial charge in [-0.15, -0.1) is 0 Å². The largest absolute Gasteiger partial charge is 0.478 e. The number of aromatic nitrogens is 1. The lowest BCUT2D eigenvalue weighted by Gasteiger charge is -2.06. The Kier molecular flexibility index (Phi) is 3.03. The Morgan fingerprint density at radius 1 is 1.47 bits per heavy atom. The molecule has 1 aromatic heterocycles. The van der Waals surface area contributed by atoms with Gasteiger partial charge in [-0.25, -0.2) is 4.79 Å². The number of carboxylic acids is 1. The van der Waals surface area contributed by atoms with Gasteiger partial charge in [0.2, 0.25) is 0 Å². The second-order valence-corrected chi connectivity index (χ2v) is 5.05. The standard InChI is InChI=1S/C15H17NO3/c1-19-8-7-16-9-12(15(17)18)14-11(10-5-6-10)3-2-4-13(14)16/h2-4,9-10H,5-8H2,1H3,(H,17,18). The van der Waals surface area contributed by atoms with Gasteiger partial charge in [-0.2, -0.15) is 0 Å². The molecule has 0 aliphatic heterocycles. The summed E-state index contributed by atoms with van der Waals surface area (Å²) in [6, 6.07) is 6.07. The Morgan fingerprint density at radius 3 is 2.89 bits per heavy atom. The molecular formula is C15H17NO3. The summed E-state index contributed by atoms with van der Waals surface area (Å²) in [5.41, 5.74) is 2.60. The van der Waals surface area contributed by atoms with Gasteiger partial charge in [-0.3, -0.25) is 0 Å². The number of benzene rings is 1. The van der Waals surface area contributed by atoms with Gasteiger partial charge >= 0.3 is 5.97 Å². The Balaban J connectivity index is 2.18. The van der Waals surface area contributed by atoms with E-state index in [0.29, 0.717) is 24.6 Å². The third-order valence-electron chi connectivity index (χ3n) is 3.72. The van der Waals surface area contributed by atoms with Gasteiger partial charge in [0.05, 0.1) is 12.2 Å². The van der Waals surface area contributed by atoms with Crippen molar-refractivity contribution in [2.45, 2.75) is 25.3 Å². The molecule has 1 heterocycles. The van der Waals surface area contributed by atoms with Crippen molar-refractivity contribution in [1.82, 2.24) is 4.57 Å². The molecule has 2 aromatic rings. The van der Waals surface area contributed by atoms with Crippen molar-refractivity contribution in [2.24, 2.45) is 0 Å². The Morgan fingerprint density at radius 2 is 2.26 bits per heavy atom. The fraction of sp³-hybridized carbons (Fsp3) is 0.400. The van der Waals surface area contributed by atoms with Crippen LogP contribution in [0, 0.1) is 0 Å². The molecule has 100 valence electrons. The summed E-state index contributed by atoms with van der Waals surface area (Å²) < 4.78 is 7.07. The highest BCUT2D eigenvalue weighted by Crippen LogP contribution is 2.44. The molecule has 0 saturated heterocycles. The molecule has 1 fully saturated rings. The SMILES string of the molecule is COCCn1cc(C(=O)O)c2c(C3CC3)cccc21. The van der Waals surface area contributed by atoms with Crippen LogP contribution in [0.4, 0.5) is 0 Å². The van der Waals surface area contributed by atoms with Crippen molar-refractivity contribution in [3.8, 4) is 0 Å². The van der Waals surface area contributed by atoms with Crippen molar-refractivity contribution in [1.29, 1.82) is 0 Å². The van der Waals surface area contributed by atoms with E-state index < -0.39 is 5.97 Å². The van der Waals surface area contributed by atoms with Crippen LogP contribution in [0.5, 0.6) is 0 Å². The average molecular weight is 259 g/mol. The first-order chi connectivity index (χ1) is 9.22. The molecule has 1 aliphatic rings. The zero-order valence-electron chi connectivity index (χ0n) is 10.9. The van der Waals surface area contributed by atoms with Crippen LogP contribution in [0.25, 0.3) is 10.9 Å². The molecule has 0 unspecified atom stereocenters. The first-order valence-corrected chi connectivity index (χ1v) is 6.56. The van der Waals surface area contributed by atoms with Crippen molar-refractivity contribution >= 4 is 16.9 Å². The van der Waals surface area contributed by atoms with E-state index in [0.717, 1.165) is 10.9 Å². The number of hydrogen-bond donors (Lipinski definition) is 1. The first kappa shape index (κ1) is 12.2. The topological polar surface area (TPSA) is 51.5 Å². The summed E-state index contributed by atoms with van der Waals surface area (Å²) >= 11 is 0. The van der Waals surface area contributed by atoms with Crippen molar-refractivity contribution < 1.29 is 14.6 Å². The zero-order chi connectivity index (χ0) is 13.4. The molecule has 1 N–H and O–H groups in total. The molecule has 0 bridgehead atoms. The van der Waals surface area contributed by atoms with Crippen LogP contribution in [-0.2, 0) is 11.3 Å². The van der Waals surface area contributed by atoms with E-state index in [1.807, 2.05) is 16.7 Å². The second-order valence-electron chi connectivity index (χ2n) is 5.05. The quantitative estimate of drug-likeness (QED) is 0.898. The maximum absolute atomic E-state index is 11.5. The van der Waals surface area contributed by atoms with E-state index in [9.17, 15) is 9.90 Å². The number of hydrogen-bond acceptors (Lipinski definition) is 2. The number of nitrogens with zero attached hydrogens (tertiary/aromatic N) is 1.